The standard InChI is InChI=1S/C12H16N2O4.C11H12N2O6/c1-13-12-10(14(15)16)5-2-6-11(12)18-8-9-4-3-7-17-9;14-12(15)9-4-1-5-10(11(9)13(16)17)19-7-8-3-2-6-18-8/h2,5-6,9,13H,3-4,7-8H2,1H3;1,4-5,8H,2-3,6-7H2/t9-;8-/m00/s1. The molecule has 2 aliphatic heterocycles. The lowest BCUT2D eigenvalue weighted by molar-refractivity contribution is -0.423. The second-order valence-corrected chi connectivity index (χ2v) is 8.19. The van der Waals surface area contributed by atoms with Crippen molar-refractivity contribution >= 4 is 22.7 Å². The summed E-state index contributed by atoms with van der Waals surface area (Å²) >= 11 is 0. The third kappa shape index (κ3) is 7.47. The molecule has 2 aromatic carbocycles. The van der Waals surface area contributed by atoms with E-state index >= 15 is 0 Å². The Morgan fingerprint density at radius 3 is 1.78 bits per heavy atom. The van der Waals surface area contributed by atoms with Gasteiger partial charge in [-0.2, -0.15) is 0 Å². The average Bonchev–Trinajstić information content (AvgIpc) is 3.60. The van der Waals surface area contributed by atoms with Crippen LogP contribution in [0.2, 0.25) is 0 Å². The lowest BCUT2D eigenvalue weighted by Gasteiger charge is -2.14. The molecule has 0 spiro atoms. The number of anilines is 1. The number of nitrogens with zero attached hydrogens (tertiary/aromatic N) is 3. The normalized spacial score (nSPS) is 18.4. The molecular formula is C23H28N4O10. The maximum absolute atomic E-state index is 10.9. The van der Waals surface area contributed by atoms with E-state index in [9.17, 15) is 30.3 Å². The van der Waals surface area contributed by atoms with Crippen LogP contribution in [0.4, 0.5) is 22.7 Å². The molecule has 37 heavy (non-hydrogen) atoms. The Hall–Kier alpha value is -4.04. The summed E-state index contributed by atoms with van der Waals surface area (Å²) in [7, 11) is 1.64. The summed E-state index contributed by atoms with van der Waals surface area (Å²) in [6.45, 7) is 1.99. The largest absolute Gasteiger partial charge is 0.488 e. The van der Waals surface area contributed by atoms with Gasteiger partial charge in [-0.1, -0.05) is 12.1 Å². The molecule has 1 N–H and O–H groups in total. The molecule has 14 heteroatoms. The summed E-state index contributed by atoms with van der Waals surface area (Å²) in [5.74, 6) is 0.386. The number of para-hydroxylation sites is 2. The van der Waals surface area contributed by atoms with Crippen molar-refractivity contribution in [1.29, 1.82) is 0 Å². The number of rotatable bonds is 10. The molecule has 2 saturated heterocycles. The fourth-order valence-corrected chi connectivity index (χ4v) is 3.92. The molecular weight excluding hydrogens is 492 g/mol. The van der Waals surface area contributed by atoms with Crippen LogP contribution >= 0.6 is 0 Å². The highest BCUT2D eigenvalue weighted by Crippen LogP contribution is 2.36. The van der Waals surface area contributed by atoms with E-state index in [1.54, 1.807) is 19.2 Å². The van der Waals surface area contributed by atoms with Gasteiger partial charge in [-0.15, -0.1) is 0 Å². The summed E-state index contributed by atoms with van der Waals surface area (Å²) in [5, 5.41) is 35.4. The highest BCUT2D eigenvalue weighted by molar-refractivity contribution is 5.69. The molecule has 14 nitrogen and oxygen atoms in total. The number of benzene rings is 2. The number of hydrogen-bond donors (Lipinski definition) is 1. The molecule has 0 amide bonds. The van der Waals surface area contributed by atoms with Crippen LogP contribution in [0.1, 0.15) is 25.7 Å². The van der Waals surface area contributed by atoms with E-state index in [1.165, 1.54) is 18.2 Å². The van der Waals surface area contributed by atoms with Crippen LogP contribution in [-0.2, 0) is 9.47 Å². The average molecular weight is 520 g/mol. The third-order valence-electron chi connectivity index (χ3n) is 5.71. The molecule has 4 rings (SSSR count). The van der Waals surface area contributed by atoms with E-state index in [0.29, 0.717) is 24.7 Å². The monoisotopic (exact) mass is 520 g/mol. The Balaban J connectivity index is 0.000000206. The van der Waals surface area contributed by atoms with Gasteiger partial charge >= 0.3 is 11.4 Å². The van der Waals surface area contributed by atoms with Crippen molar-refractivity contribution in [3.8, 4) is 11.5 Å². The van der Waals surface area contributed by atoms with Gasteiger partial charge in [0.15, 0.2) is 5.69 Å². The Bertz CT molecular complexity index is 1100. The number of ether oxygens (including phenoxy) is 4. The van der Waals surface area contributed by atoms with Crippen molar-refractivity contribution in [3.05, 3.63) is 66.7 Å². The van der Waals surface area contributed by atoms with Gasteiger partial charge in [0.05, 0.1) is 27.0 Å². The summed E-state index contributed by atoms with van der Waals surface area (Å²) in [4.78, 5) is 30.5. The number of hydrogen-bond acceptors (Lipinski definition) is 11. The van der Waals surface area contributed by atoms with E-state index in [-0.39, 0.29) is 30.3 Å². The van der Waals surface area contributed by atoms with Crippen molar-refractivity contribution in [2.75, 3.05) is 38.8 Å². The smallest absolute Gasteiger partial charge is 0.387 e. The predicted octanol–water partition coefficient (Wildman–Crippen LogP) is 4.26. The molecule has 2 heterocycles. The first-order valence-corrected chi connectivity index (χ1v) is 11.7. The second kappa shape index (κ2) is 13.3. The molecule has 0 aliphatic carbocycles. The third-order valence-corrected chi connectivity index (χ3v) is 5.71. The van der Waals surface area contributed by atoms with Gasteiger partial charge < -0.3 is 24.3 Å². The van der Waals surface area contributed by atoms with Crippen molar-refractivity contribution in [1.82, 2.24) is 0 Å². The molecule has 0 unspecified atom stereocenters. The van der Waals surface area contributed by atoms with Crippen LogP contribution < -0.4 is 14.8 Å². The SMILES string of the molecule is CNc1c(OC[C@@H]2CCCO2)cccc1[N+](=O)[O-].O=[N+]([O-])c1cccc(OC[C@@H]2CCCO2)c1[N+](=O)[O-]. The molecule has 2 fully saturated rings. The summed E-state index contributed by atoms with van der Waals surface area (Å²) < 4.78 is 21.7. The molecule has 2 atom stereocenters. The van der Waals surface area contributed by atoms with Gasteiger partial charge in [-0.25, -0.2) is 0 Å². The maximum Gasteiger partial charge on any atom is 0.387 e. The molecule has 2 aliphatic rings. The van der Waals surface area contributed by atoms with Crippen molar-refractivity contribution in [2.45, 2.75) is 37.9 Å². The van der Waals surface area contributed by atoms with Gasteiger partial charge in [0.25, 0.3) is 5.69 Å². The summed E-state index contributed by atoms with van der Waals surface area (Å²) in [6.07, 6.45) is 3.74. The van der Waals surface area contributed by atoms with Gasteiger partial charge in [-0.05, 0) is 37.8 Å². The zero-order valence-corrected chi connectivity index (χ0v) is 20.2. The van der Waals surface area contributed by atoms with Crippen LogP contribution in [0.5, 0.6) is 11.5 Å². The highest BCUT2D eigenvalue weighted by Gasteiger charge is 2.30. The van der Waals surface area contributed by atoms with Gasteiger partial charge in [-0.3, -0.25) is 30.3 Å². The predicted molar refractivity (Wildman–Crippen MR) is 131 cm³/mol. The zero-order valence-electron chi connectivity index (χ0n) is 20.2. The van der Waals surface area contributed by atoms with E-state index in [4.69, 9.17) is 18.9 Å². The van der Waals surface area contributed by atoms with Gasteiger partial charge in [0.1, 0.15) is 19.0 Å². The molecule has 0 bridgehead atoms. The van der Waals surface area contributed by atoms with Gasteiger partial charge in [0.2, 0.25) is 5.75 Å². The van der Waals surface area contributed by atoms with Crippen LogP contribution in [0.25, 0.3) is 0 Å². The Labute approximate surface area is 211 Å². The summed E-state index contributed by atoms with van der Waals surface area (Å²) in [6, 6.07) is 8.56. The van der Waals surface area contributed by atoms with E-state index < -0.39 is 26.1 Å². The van der Waals surface area contributed by atoms with Crippen LogP contribution in [-0.4, -0.2) is 60.5 Å². The molecule has 2 aromatic rings. The fourth-order valence-electron chi connectivity index (χ4n) is 3.92. The topological polar surface area (TPSA) is 178 Å². The number of nitrogens with one attached hydrogen (secondary N) is 1. The zero-order chi connectivity index (χ0) is 26.8. The van der Waals surface area contributed by atoms with E-state index in [0.717, 1.165) is 38.4 Å². The van der Waals surface area contributed by atoms with Crippen molar-refractivity contribution in [2.24, 2.45) is 0 Å². The Kier molecular flexibility index (Phi) is 9.92. The summed E-state index contributed by atoms with van der Waals surface area (Å²) in [5.41, 5.74) is -0.775. The Morgan fingerprint density at radius 1 is 0.811 bits per heavy atom. The minimum atomic E-state index is -0.803. The first-order valence-electron chi connectivity index (χ1n) is 11.7. The lowest BCUT2D eigenvalue weighted by Crippen LogP contribution is -2.16. The molecule has 0 saturated carbocycles. The number of nitro benzene ring substituents is 3. The molecule has 200 valence electrons. The first kappa shape index (κ1) is 27.5. The minimum absolute atomic E-state index is 0.0161. The molecule has 0 radical (unpaired) electrons. The fraction of sp³-hybridized carbons (Fsp3) is 0.478. The maximum atomic E-state index is 10.9. The quantitative estimate of drug-likeness (QED) is 0.349. The highest BCUT2D eigenvalue weighted by atomic mass is 16.6. The minimum Gasteiger partial charge on any atom is -0.488 e. The van der Waals surface area contributed by atoms with Crippen molar-refractivity contribution in [3.63, 3.8) is 0 Å². The van der Waals surface area contributed by atoms with E-state index in [1.807, 2.05) is 0 Å². The van der Waals surface area contributed by atoms with Gasteiger partial charge in [0, 0.05) is 32.4 Å². The first-order chi connectivity index (χ1) is 17.8. The number of nitro groups is 3. The second-order valence-electron chi connectivity index (χ2n) is 8.19. The van der Waals surface area contributed by atoms with Crippen molar-refractivity contribution < 1.29 is 33.7 Å². The Morgan fingerprint density at radius 2 is 1.32 bits per heavy atom. The van der Waals surface area contributed by atoms with Crippen LogP contribution in [0.15, 0.2) is 36.4 Å². The molecule has 0 aromatic heterocycles. The lowest BCUT2D eigenvalue weighted by atomic mass is 10.2. The van der Waals surface area contributed by atoms with Crippen LogP contribution in [0, 0.1) is 30.3 Å². The van der Waals surface area contributed by atoms with E-state index in [2.05, 4.69) is 5.32 Å². The van der Waals surface area contributed by atoms with Crippen LogP contribution in [0.3, 0.4) is 0 Å².